The molecule has 2 aromatic rings. The molecule has 1 saturated heterocycles. The highest BCUT2D eigenvalue weighted by Gasteiger charge is 2.28. The summed E-state index contributed by atoms with van der Waals surface area (Å²) in [7, 11) is -3.58. The topological polar surface area (TPSA) is 59.1 Å². The molecule has 0 atom stereocenters. The largest absolute Gasteiger partial charge is 0.494 e. The van der Waals surface area contributed by atoms with Crippen LogP contribution in [0.4, 0.5) is 4.39 Å². The van der Waals surface area contributed by atoms with Crippen molar-refractivity contribution in [1.29, 1.82) is 0 Å². The third kappa shape index (κ3) is 5.21. The van der Waals surface area contributed by atoms with E-state index in [1.807, 2.05) is 31.2 Å². The Morgan fingerprint density at radius 2 is 1.46 bits per heavy atom. The van der Waals surface area contributed by atoms with E-state index < -0.39 is 15.8 Å². The fourth-order valence-electron chi connectivity index (χ4n) is 3.04. The molecule has 0 aliphatic carbocycles. The van der Waals surface area contributed by atoms with E-state index in [4.69, 9.17) is 9.47 Å². The smallest absolute Gasteiger partial charge is 0.243 e. The van der Waals surface area contributed by atoms with Gasteiger partial charge in [-0.05, 0) is 55.5 Å². The number of benzene rings is 2. The van der Waals surface area contributed by atoms with E-state index in [1.165, 1.54) is 28.6 Å². The number of hydrogen-bond donors (Lipinski definition) is 0. The van der Waals surface area contributed by atoms with E-state index in [-0.39, 0.29) is 4.90 Å². The van der Waals surface area contributed by atoms with Crippen molar-refractivity contribution in [3.63, 3.8) is 0 Å². The third-order valence-electron chi connectivity index (χ3n) is 4.59. The van der Waals surface area contributed by atoms with Crippen LogP contribution < -0.4 is 9.47 Å². The minimum Gasteiger partial charge on any atom is -0.494 e. The van der Waals surface area contributed by atoms with Crippen LogP contribution in [0, 0.1) is 5.82 Å². The standard InChI is InChI=1S/C20H25FN2O4S/c1-2-26-18-5-7-19(8-6-18)27-16-15-22-11-13-23(14-12-22)28(24,25)20-9-3-17(21)4-10-20/h3-10H,2,11-16H2,1H3. The van der Waals surface area contributed by atoms with Gasteiger partial charge in [0.15, 0.2) is 0 Å². The Labute approximate surface area is 165 Å². The molecule has 6 nitrogen and oxygen atoms in total. The van der Waals surface area contributed by atoms with Gasteiger partial charge in [-0.25, -0.2) is 12.8 Å². The van der Waals surface area contributed by atoms with Crippen molar-refractivity contribution in [3.05, 3.63) is 54.3 Å². The molecule has 3 rings (SSSR count). The first-order valence-electron chi connectivity index (χ1n) is 9.33. The van der Waals surface area contributed by atoms with Crippen molar-refractivity contribution in [2.75, 3.05) is 45.9 Å². The van der Waals surface area contributed by atoms with E-state index in [9.17, 15) is 12.8 Å². The maximum Gasteiger partial charge on any atom is 0.243 e. The molecular formula is C20H25FN2O4S. The average molecular weight is 408 g/mol. The first-order chi connectivity index (χ1) is 13.5. The lowest BCUT2D eigenvalue weighted by molar-refractivity contribution is 0.159. The fraction of sp³-hybridized carbons (Fsp3) is 0.400. The van der Waals surface area contributed by atoms with Gasteiger partial charge < -0.3 is 9.47 Å². The third-order valence-corrected chi connectivity index (χ3v) is 6.51. The van der Waals surface area contributed by atoms with Gasteiger partial charge in [0.05, 0.1) is 11.5 Å². The van der Waals surface area contributed by atoms with Crippen LogP contribution in [0.5, 0.6) is 11.5 Å². The number of halogens is 1. The quantitative estimate of drug-likeness (QED) is 0.672. The highest BCUT2D eigenvalue weighted by molar-refractivity contribution is 7.89. The molecule has 0 amide bonds. The average Bonchev–Trinajstić information content (AvgIpc) is 2.70. The van der Waals surface area contributed by atoms with Crippen LogP contribution >= 0.6 is 0 Å². The Morgan fingerprint density at radius 3 is 2.04 bits per heavy atom. The van der Waals surface area contributed by atoms with Crippen molar-refractivity contribution in [2.45, 2.75) is 11.8 Å². The van der Waals surface area contributed by atoms with Crippen LogP contribution in [0.3, 0.4) is 0 Å². The first kappa shape index (κ1) is 20.6. The summed E-state index contributed by atoms with van der Waals surface area (Å²) in [5, 5.41) is 0. The van der Waals surface area contributed by atoms with E-state index in [0.717, 1.165) is 18.0 Å². The normalized spacial score (nSPS) is 16.1. The molecule has 0 saturated carbocycles. The Morgan fingerprint density at radius 1 is 0.893 bits per heavy atom. The van der Waals surface area contributed by atoms with Crippen LogP contribution in [-0.4, -0.2) is 63.6 Å². The summed E-state index contributed by atoms with van der Waals surface area (Å²) in [5.41, 5.74) is 0. The Hall–Kier alpha value is -2.16. The monoisotopic (exact) mass is 408 g/mol. The van der Waals surface area contributed by atoms with Crippen molar-refractivity contribution < 1.29 is 22.3 Å². The second kappa shape index (κ2) is 9.36. The van der Waals surface area contributed by atoms with Gasteiger partial charge in [0, 0.05) is 32.7 Å². The summed E-state index contributed by atoms with van der Waals surface area (Å²) >= 11 is 0. The lowest BCUT2D eigenvalue weighted by Crippen LogP contribution is -2.49. The van der Waals surface area contributed by atoms with Crippen LogP contribution in [0.1, 0.15) is 6.92 Å². The number of sulfonamides is 1. The maximum absolute atomic E-state index is 13.0. The van der Waals surface area contributed by atoms with E-state index in [0.29, 0.717) is 39.4 Å². The number of piperazine rings is 1. The summed E-state index contributed by atoms with van der Waals surface area (Å²) < 4.78 is 50.9. The van der Waals surface area contributed by atoms with Gasteiger partial charge in [-0.1, -0.05) is 0 Å². The molecule has 8 heteroatoms. The van der Waals surface area contributed by atoms with Crippen molar-refractivity contribution in [1.82, 2.24) is 9.21 Å². The molecule has 0 unspecified atom stereocenters. The zero-order valence-corrected chi connectivity index (χ0v) is 16.7. The van der Waals surface area contributed by atoms with Crippen LogP contribution in [-0.2, 0) is 10.0 Å². The summed E-state index contributed by atoms with van der Waals surface area (Å²) in [6.07, 6.45) is 0. The molecule has 0 bridgehead atoms. The van der Waals surface area contributed by atoms with E-state index in [1.54, 1.807) is 0 Å². The molecule has 1 heterocycles. The van der Waals surface area contributed by atoms with Gasteiger partial charge in [-0.3, -0.25) is 4.90 Å². The molecule has 0 aromatic heterocycles. The number of hydrogen-bond acceptors (Lipinski definition) is 5. The van der Waals surface area contributed by atoms with Gasteiger partial charge >= 0.3 is 0 Å². The Bertz CT molecular complexity index is 849. The molecule has 28 heavy (non-hydrogen) atoms. The van der Waals surface area contributed by atoms with Gasteiger partial charge in [-0.15, -0.1) is 0 Å². The molecule has 0 spiro atoms. The predicted molar refractivity (Wildman–Crippen MR) is 105 cm³/mol. The summed E-state index contributed by atoms with van der Waals surface area (Å²) in [6.45, 7) is 5.89. The molecule has 0 radical (unpaired) electrons. The summed E-state index contributed by atoms with van der Waals surface area (Å²) in [4.78, 5) is 2.30. The second-order valence-corrected chi connectivity index (χ2v) is 8.39. The SMILES string of the molecule is CCOc1ccc(OCCN2CCN(S(=O)(=O)c3ccc(F)cc3)CC2)cc1. The van der Waals surface area contributed by atoms with Crippen molar-refractivity contribution in [2.24, 2.45) is 0 Å². The lowest BCUT2D eigenvalue weighted by Gasteiger charge is -2.33. The molecule has 0 N–H and O–H groups in total. The molecule has 2 aromatic carbocycles. The summed E-state index contributed by atoms with van der Waals surface area (Å²) in [6, 6.07) is 12.4. The van der Waals surface area contributed by atoms with E-state index in [2.05, 4.69) is 4.90 Å². The van der Waals surface area contributed by atoms with Gasteiger partial charge in [0.2, 0.25) is 10.0 Å². The Kier molecular flexibility index (Phi) is 6.88. The van der Waals surface area contributed by atoms with Gasteiger partial charge in [-0.2, -0.15) is 4.31 Å². The first-order valence-corrected chi connectivity index (χ1v) is 10.8. The van der Waals surface area contributed by atoms with Gasteiger partial charge in [0.25, 0.3) is 0 Å². The minimum absolute atomic E-state index is 0.126. The minimum atomic E-state index is -3.58. The number of rotatable bonds is 8. The van der Waals surface area contributed by atoms with Crippen LogP contribution in [0.25, 0.3) is 0 Å². The summed E-state index contributed by atoms with van der Waals surface area (Å²) in [5.74, 6) is 1.14. The van der Waals surface area contributed by atoms with Crippen molar-refractivity contribution >= 4 is 10.0 Å². The zero-order chi connectivity index (χ0) is 20.0. The molecule has 152 valence electrons. The van der Waals surface area contributed by atoms with E-state index >= 15 is 0 Å². The molecular weight excluding hydrogens is 383 g/mol. The number of nitrogens with zero attached hydrogens (tertiary/aromatic N) is 2. The highest BCUT2D eigenvalue weighted by atomic mass is 32.2. The zero-order valence-electron chi connectivity index (χ0n) is 15.9. The second-order valence-electron chi connectivity index (χ2n) is 6.45. The molecule has 1 fully saturated rings. The number of ether oxygens (including phenoxy) is 2. The van der Waals surface area contributed by atoms with Gasteiger partial charge in [0.1, 0.15) is 23.9 Å². The highest BCUT2D eigenvalue weighted by Crippen LogP contribution is 2.19. The predicted octanol–water partition coefficient (Wildman–Crippen LogP) is 2.61. The fourth-order valence-corrected chi connectivity index (χ4v) is 4.46. The molecule has 1 aliphatic rings. The Balaban J connectivity index is 1.44. The lowest BCUT2D eigenvalue weighted by atomic mass is 10.3. The van der Waals surface area contributed by atoms with Crippen LogP contribution in [0.15, 0.2) is 53.4 Å². The van der Waals surface area contributed by atoms with Crippen LogP contribution in [0.2, 0.25) is 0 Å². The maximum atomic E-state index is 13.0. The molecule has 1 aliphatic heterocycles. The van der Waals surface area contributed by atoms with Crippen molar-refractivity contribution in [3.8, 4) is 11.5 Å².